The molecular formula is C9H9N3O3. The summed E-state index contributed by atoms with van der Waals surface area (Å²) in [4.78, 5) is 26.2. The first-order chi connectivity index (χ1) is 7.20. The molecule has 1 amide bonds. The van der Waals surface area contributed by atoms with E-state index in [9.17, 15) is 9.59 Å². The van der Waals surface area contributed by atoms with E-state index < -0.39 is 5.97 Å². The van der Waals surface area contributed by atoms with Gasteiger partial charge in [-0.2, -0.15) is 0 Å². The van der Waals surface area contributed by atoms with Gasteiger partial charge in [0.25, 0.3) is 0 Å². The van der Waals surface area contributed by atoms with E-state index in [-0.39, 0.29) is 18.1 Å². The predicted molar refractivity (Wildman–Crippen MR) is 52.7 cm³/mol. The molecule has 78 valence electrons. The normalized spacial score (nSPS) is 13.5. The van der Waals surface area contributed by atoms with Gasteiger partial charge in [-0.3, -0.25) is 4.79 Å². The van der Waals surface area contributed by atoms with Crippen molar-refractivity contribution in [1.29, 1.82) is 0 Å². The molecule has 6 heteroatoms. The predicted octanol–water partition coefficient (Wildman–Crippen LogP) is 0.232. The van der Waals surface area contributed by atoms with Crippen molar-refractivity contribution in [3.8, 4) is 0 Å². The Balaban J connectivity index is 2.36. The van der Waals surface area contributed by atoms with E-state index in [1.54, 1.807) is 6.07 Å². The molecule has 15 heavy (non-hydrogen) atoms. The number of esters is 1. The average Bonchev–Trinajstić information content (AvgIpc) is 2.27. The zero-order valence-corrected chi connectivity index (χ0v) is 8.03. The number of hydrogen-bond acceptors (Lipinski definition) is 5. The van der Waals surface area contributed by atoms with Gasteiger partial charge >= 0.3 is 5.97 Å². The molecule has 2 rings (SSSR count). The second kappa shape index (κ2) is 3.56. The van der Waals surface area contributed by atoms with Crippen molar-refractivity contribution in [3.63, 3.8) is 0 Å². The van der Waals surface area contributed by atoms with E-state index in [2.05, 4.69) is 20.4 Å². The van der Waals surface area contributed by atoms with E-state index in [0.717, 1.165) is 0 Å². The fraction of sp³-hybridized carbons (Fsp3) is 0.222. The Labute approximate surface area is 85.6 Å². The van der Waals surface area contributed by atoms with Gasteiger partial charge in [-0.15, -0.1) is 0 Å². The molecule has 2 heterocycles. The Morgan fingerprint density at radius 3 is 3.07 bits per heavy atom. The van der Waals surface area contributed by atoms with E-state index in [0.29, 0.717) is 11.5 Å². The van der Waals surface area contributed by atoms with Crippen LogP contribution in [0.4, 0.5) is 11.5 Å². The first kappa shape index (κ1) is 9.45. The molecule has 0 saturated carbocycles. The third kappa shape index (κ3) is 1.74. The van der Waals surface area contributed by atoms with Crippen LogP contribution in [0, 0.1) is 0 Å². The maximum atomic E-state index is 11.2. The summed E-state index contributed by atoms with van der Waals surface area (Å²) in [6.07, 6.45) is 0. The molecule has 0 unspecified atom stereocenters. The van der Waals surface area contributed by atoms with E-state index in [4.69, 9.17) is 0 Å². The highest BCUT2D eigenvalue weighted by Gasteiger charge is 2.17. The molecule has 6 nitrogen and oxygen atoms in total. The third-order valence-corrected chi connectivity index (χ3v) is 1.99. The largest absolute Gasteiger partial charge is 0.464 e. The van der Waals surface area contributed by atoms with Gasteiger partial charge in [0, 0.05) is 0 Å². The number of methoxy groups -OCH3 is 1. The lowest BCUT2D eigenvalue weighted by atomic mass is 10.2. The van der Waals surface area contributed by atoms with Crippen molar-refractivity contribution in [2.45, 2.75) is 0 Å². The number of pyridine rings is 1. The molecule has 0 aromatic carbocycles. The standard InChI is InChI=1S/C9H9N3O3/c1-15-9(14)6-3-2-5-8(11-6)12-7(13)4-10-5/h2-3,10H,4H2,1H3,(H,11,12,13). The maximum Gasteiger partial charge on any atom is 0.356 e. The highest BCUT2D eigenvalue weighted by molar-refractivity contribution is 6.00. The quantitative estimate of drug-likeness (QED) is 0.644. The van der Waals surface area contributed by atoms with Crippen molar-refractivity contribution in [1.82, 2.24) is 4.98 Å². The average molecular weight is 207 g/mol. The van der Waals surface area contributed by atoms with Crippen LogP contribution in [0.2, 0.25) is 0 Å². The van der Waals surface area contributed by atoms with E-state index in [1.807, 2.05) is 0 Å². The molecule has 0 atom stereocenters. The molecule has 0 fully saturated rings. The summed E-state index contributed by atoms with van der Waals surface area (Å²) in [5.41, 5.74) is 0.863. The Bertz CT molecular complexity index is 431. The van der Waals surface area contributed by atoms with Crippen molar-refractivity contribution < 1.29 is 14.3 Å². The highest BCUT2D eigenvalue weighted by Crippen LogP contribution is 2.22. The molecule has 1 aromatic rings. The smallest absolute Gasteiger partial charge is 0.356 e. The van der Waals surface area contributed by atoms with Crippen molar-refractivity contribution >= 4 is 23.4 Å². The third-order valence-electron chi connectivity index (χ3n) is 1.99. The molecule has 0 bridgehead atoms. The van der Waals surface area contributed by atoms with Crippen LogP contribution >= 0.6 is 0 Å². The van der Waals surface area contributed by atoms with Crippen LogP contribution in [0.3, 0.4) is 0 Å². The summed E-state index contributed by atoms with van der Waals surface area (Å²) in [5.74, 6) is -0.358. The monoisotopic (exact) mass is 207 g/mol. The van der Waals surface area contributed by atoms with Crippen LogP contribution < -0.4 is 10.6 Å². The lowest BCUT2D eigenvalue weighted by molar-refractivity contribution is -0.114. The Morgan fingerprint density at radius 2 is 2.33 bits per heavy atom. The molecule has 1 aliphatic rings. The number of ether oxygens (including phenoxy) is 1. The second-order valence-electron chi connectivity index (χ2n) is 2.99. The van der Waals surface area contributed by atoms with Crippen LogP contribution in [-0.2, 0) is 9.53 Å². The number of nitrogens with zero attached hydrogens (tertiary/aromatic N) is 1. The lowest BCUT2D eigenvalue weighted by Crippen LogP contribution is -2.28. The molecule has 1 aliphatic heterocycles. The molecule has 0 radical (unpaired) electrons. The molecule has 0 saturated heterocycles. The summed E-state index contributed by atoms with van der Waals surface area (Å²) >= 11 is 0. The van der Waals surface area contributed by atoms with Crippen LogP contribution in [0.25, 0.3) is 0 Å². The fourth-order valence-electron chi connectivity index (χ4n) is 1.27. The van der Waals surface area contributed by atoms with Crippen LogP contribution in [0.1, 0.15) is 10.5 Å². The number of aromatic nitrogens is 1. The summed E-state index contributed by atoms with van der Waals surface area (Å²) in [5, 5.41) is 5.43. The van der Waals surface area contributed by atoms with Gasteiger partial charge in [0.05, 0.1) is 19.3 Å². The summed E-state index contributed by atoms with van der Waals surface area (Å²) in [7, 11) is 1.28. The van der Waals surface area contributed by atoms with Crippen molar-refractivity contribution in [3.05, 3.63) is 17.8 Å². The number of rotatable bonds is 1. The number of carbonyl (C=O) groups is 2. The molecule has 0 spiro atoms. The molecule has 1 aromatic heterocycles. The maximum absolute atomic E-state index is 11.2. The van der Waals surface area contributed by atoms with Gasteiger partial charge in [0.1, 0.15) is 0 Å². The Kier molecular flexibility index (Phi) is 2.24. The van der Waals surface area contributed by atoms with Crippen LogP contribution in [-0.4, -0.2) is 30.5 Å². The van der Waals surface area contributed by atoms with Crippen LogP contribution in [0.15, 0.2) is 12.1 Å². The zero-order valence-electron chi connectivity index (χ0n) is 8.03. The number of anilines is 2. The van der Waals surface area contributed by atoms with Gasteiger partial charge < -0.3 is 15.4 Å². The summed E-state index contributed by atoms with van der Waals surface area (Å²) in [6.45, 7) is 0.215. The van der Waals surface area contributed by atoms with Crippen molar-refractivity contribution in [2.24, 2.45) is 0 Å². The fourth-order valence-corrected chi connectivity index (χ4v) is 1.27. The second-order valence-corrected chi connectivity index (χ2v) is 2.99. The minimum atomic E-state index is -0.530. The van der Waals surface area contributed by atoms with Crippen molar-refractivity contribution in [2.75, 3.05) is 24.3 Å². The number of fused-ring (bicyclic) bond motifs is 1. The minimum absolute atomic E-state index is 0.167. The Hall–Kier alpha value is -2.11. The summed E-state index contributed by atoms with van der Waals surface area (Å²) in [6, 6.07) is 3.21. The zero-order chi connectivity index (χ0) is 10.8. The number of nitrogens with one attached hydrogen (secondary N) is 2. The van der Waals surface area contributed by atoms with Gasteiger partial charge in [-0.1, -0.05) is 0 Å². The first-order valence-electron chi connectivity index (χ1n) is 4.34. The number of hydrogen-bond donors (Lipinski definition) is 2. The topological polar surface area (TPSA) is 80.3 Å². The molecule has 0 aliphatic carbocycles. The van der Waals surface area contributed by atoms with Crippen LogP contribution in [0.5, 0.6) is 0 Å². The van der Waals surface area contributed by atoms with Gasteiger partial charge in [0.15, 0.2) is 11.5 Å². The minimum Gasteiger partial charge on any atom is -0.464 e. The SMILES string of the molecule is COC(=O)c1ccc2c(n1)NC(=O)CN2. The lowest BCUT2D eigenvalue weighted by Gasteiger charge is -2.17. The van der Waals surface area contributed by atoms with Gasteiger partial charge in [-0.05, 0) is 12.1 Å². The molecular weight excluding hydrogens is 198 g/mol. The molecule has 2 N–H and O–H groups in total. The first-order valence-corrected chi connectivity index (χ1v) is 4.34. The highest BCUT2D eigenvalue weighted by atomic mass is 16.5. The number of carbonyl (C=O) groups excluding carboxylic acids is 2. The van der Waals surface area contributed by atoms with Gasteiger partial charge in [0.2, 0.25) is 5.91 Å². The van der Waals surface area contributed by atoms with E-state index in [1.165, 1.54) is 13.2 Å². The van der Waals surface area contributed by atoms with Gasteiger partial charge in [-0.25, -0.2) is 9.78 Å². The van der Waals surface area contributed by atoms with E-state index >= 15 is 0 Å². The summed E-state index contributed by atoms with van der Waals surface area (Å²) < 4.78 is 4.52. The number of amides is 1. The Morgan fingerprint density at radius 1 is 1.53 bits per heavy atom.